The number of rotatable bonds is 2. The Balaban J connectivity index is 2.82. The van der Waals surface area contributed by atoms with Gasteiger partial charge in [-0.2, -0.15) is 0 Å². The summed E-state index contributed by atoms with van der Waals surface area (Å²) in [5, 5.41) is 8.12. The van der Waals surface area contributed by atoms with Crippen molar-refractivity contribution in [2.45, 2.75) is 6.92 Å². The number of hydrogen-bond donors (Lipinski definition) is 0. The van der Waals surface area contributed by atoms with E-state index in [9.17, 15) is 0 Å². The predicted molar refractivity (Wildman–Crippen MR) is 63.3 cm³/mol. The van der Waals surface area contributed by atoms with Crippen LogP contribution in [-0.2, 0) is 0 Å². The zero-order valence-corrected chi connectivity index (χ0v) is 10.7. The average Bonchev–Trinajstić information content (AvgIpc) is 2.26. The summed E-state index contributed by atoms with van der Waals surface area (Å²) in [4.78, 5) is 6.03. The van der Waals surface area contributed by atoms with Crippen molar-refractivity contribution in [3.8, 4) is 0 Å². The normalized spacial score (nSPS) is 12.7. The molecule has 79 valence electrons. The molecule has 1 heterocycles. The standard InChI is InChI=1S/C10H13N4Se/c1-8(9-6-4-5-7-11-9)12-13-10(15)14(2)3/h4-7H,1-3H3/b12-8?,13-10+. The number of aromatic nitrogens is 1. The topological polar surface area (TPSA) is 40.9 Å². The van der Waals surface area contributed by atoms with Gasteiger partial charge in [0.05, 0.1) is 0 Å². The number of nitrogens with zero attached hydrogens (tertiary/aromatic N) is 4. The summed E-state index contributed by atoms with van der Waals surface area (Å²) in [5.74, 6) is 0. The monoisotopic (exact) mass is 269 g/mol. The minimum atomic E-state index is 0.741. The zero-order chi connectivity index (χ0) is 11.3. The van der Waals surface area contributed by atoms with Gasteiger partial charge in [0.2, 0.25) is 0 Å². The fraction of sp³-hybridized carbons (Fsp3) is 0.300. The van der Waals surface area contributed by atoms with Crippen LogP contribution in [0.3, 0.4) is 0 Å². The van der Waals surface area contributed by atoms with Gasteiger partial charge in [-0.05, 0) is 0 Å². The molecule has 0 atom stereocenters. The van der Waals surface area contributed by atoms with Crippen LogP contribution in [-0.4, -0.2) is 50.4 Å². The first-order valence-corrected chi connectivity index (χ1v) is 5.35. The van der Waals surface area contributed by atoms with E-state index in [-0.39, 0.29) is 0 Å². The Kier molecular flexibility index (Phi) is 4.46. The maximum atomic E-state index is 4.18. The molecule has 0 unspecified atom stereocenters. The molecule has 0 saturated heterocycles. The molecular formula is C10H13N4Se. The van der Waals surface area contributed by atoms with Gasteiger partial charge in [-0.1, -0.05) is 0 Å². The molecule has 0 bridgehead atoms. The van der Waals surface area contributed by atoms with Gasteiger partial charge in [-0.25, -0.2) is 0 Å². The van der Waals surface area contributed by atoms with Gasteiger partial charge in [-0.15, -0.1) is 0 Å². The summed E-state index contributed by atoms with van der Waals surface area (Å²) in [7, 11) is 3.81. The quantitative estimate of drug-likeness (QED) is 0.346. The summed E-state index contributed by atoms with van der Waals surface area (Å²) in [5.41, 5.74) is 1.64. The molecule has 5 heteroatoms. The van der Waals surface area contributed by atoms with Gasteiger partial charge >= 0.3 is 97.7 Å². The van der Waals surface area contributed by atoms with E-state index in [4.69, 9.17) is 0 Å². The second-order valence-corrected chi connectivity index (χ2v) is 3.94. The molecule has 0 aliphatic rings. The van der Waals surface area contributed by atoms with E-state index in [1.165, 1.54) is 0 Å². The molecule has 1 rings (SSSR count). The van der Waals surface area contributed by atoms with Crippen molar-refractivity contribution < 1.29 is 0 Å². The van der Waals surface area contributed by atoms with E-state index in [2.05, 4.69) is 31.2 Å². The van der Waals surface area contributed by atoms with Crippen LogP contribution in [0.2, 0.25) is 0 Å². The molecule has 0 aliphatic carbocycles. The summed E-state index contributed by atoms with van der Waals surface area (Å²) in [6.45, 7) is 1.88. The van der Waals surface area contributed by atoms with Crippen molar-refractivity contribution in [2.75, 3.05) is 14.1 Å². The van der Waals surface area contributed by atoms with Gasteiger partial charge in [0.1, 0.15) is 0 Å². The Morgan fingerprint density at radius 1 is 1.33 bits per heavy atom. The van der Waals surface area contributed by atoms with E-state index in [1.54, 1.807) is 6.20 Å². The van der Waals surface area contributed by atoms with Crippen molar-refractivity contribution in [2.24, 2.45) is 10.2 Å². The van der Waals surface area contributed by atoms with Gasteiger partial charge in [0.25, 0.3) is 0 Å². The summed E-state index contributed by atoms with van der Waals surface area (Å²) < 4.78 is 0.741. The van der Waals surface area contributed by atoms with E-state index in [1.807, 2.05) is 44.1 Å². The number of hydrogen-bond acceptors (Lipinski definition) is 3. The fourth-order valence-corrected chi connectivity index (χ4v) is 0.921. The molecule has 0 amide bonds. The first-order valence-electron chi connectivity index (χ1n) is 4.49. The Hall–Kier alpha value is -1.19. The molecule has 4 nitrogen and oxygen atoms in total. The fourth-order valence-electron chi connectivity index (χ4n) is 0.835. The molecule has 15 heavy (non-hydrogen) atoms. The van der Waals surface area contributed by atoms with Crippen LogP contribution in [0.15, 0.2) is 34.6 Å². The van der Waals surface area contributed by atoms with Gasteiger partial charge in [0, 0.05) is 0 Å². The molecule has 1 radical (unpaired) electrons. The van der Waals surface area contributed by atoms with Gasteiger partial charge in [0.15, 0.2) is 0 Å². The minimum absolute atomic E-state index is 0.741. The molecule has 0 N–H and O–H groups in total. The Bertz CT molecular complexity index is 370. The third-order valence-corrected chi connectivity index (χ3v) is 2.64. The predicted octanol–water partition coefficient (Wildman–Crippen LogP) is 0.892. The number of amidine groups is 1. The second kappa shape index (κ2) is 5.63. The molecule has 0 spiro atoms. The maximum absolute atomic E-state index is 4.18. The molecule has 1 aromatic rings. The molecular weight excluding hydrogens is 255 g/mol. The zero-order valence-electron chi connectivity index (χ0n) is 9.01. The van der Waals surface area contributed by atoms with E-state index in [0.29, 0.717) is 0 Å². The first-order chi connectivity index (χ1) is 7.11. The van der Waals surface area contributed by atoms with Crippen molar-refractivity contribution in [3.05, 3.63) is 30.1 Å². The van der Waals surface area contributed by atoms with Crippen LogP contribution in [0.4, 0.5) is 0 Å². The molecule has 1 aromatic heterocycles. The van der Waals surface area contributed by atoms with Crippen LogP contribution in [0.5, 0.6) is 0 Å². The SMILES string of the molecule is CC(=N/N=C(/[Se])N(C)C)c1ccccn1. The Morgan fingerprint density at radius 3 is 2.60 bits per heavy atom. The molecule has 0 fully saturated rings. The van der Waals surface area contributed by atoms with Crippen LogP contribution in [0, 0.1) is 0 Å². The van der Waals surface area contributed by atoms with Crippen LogP contribution >= 0.6 is 0 Å². The Morgan fingerprint density at radius 2 is 2.07 bits per heavy atom. The molecule has 0 saturated carbocycles. The van der Waals surface area contributed by atoms with Crippen molar-refractivity contribution in [3.63, 3.8) is 0 Å². The summed E-state index contributed by atoms with van der Waals surface area (Å²) in [6, 6.07) is 5.71. The molecule has 0 aromatic carbocycles. The van der Waals surface area contributed by atoms with Crippen LogP contribution < -0.4 is 0 Å². The van der Waals surface area contributed by atoms with E-state index < -0.39 is 0 Å². The average molecular weight is 268 g/mol. The third-order valence-electron chi connectivity index (χ3n) is 1.70. The van der Waals surface area contributed by atoms with Crippen molar-refractivity contribution in [1.82, 2.24) is 9.88 Å². The molecule has 0 aliphatic heterocycles. The van der Waals surface area contributed by atoms with Gasteiger partial charge < -0.3 is 0 Å². The van der Waals surface area contributed by atoms with E-state index >= 15 is 0 Å². The summed E-state index contributed by atoms with van der Waals surface area (Å²) >= 11 is 2.83. The van der Waals surface area contributed by atoms with E-state index in [0.717, 1.165) is 16.1 Å². The second-order valence-electron chi connectivity index (χ2n) is 3.18. The summed E-state index contributed by atoms with van der Waals surface area (Å²) in [6.07, 6.45) is 1.74. The van der Waals surface area contributed by atoms with Crippen LogP contribution in [0.25, 0.3) is 0 Å². The van der Waals surface area contributed by atoms with Crippen molar-refractivity contribution in [1.29, 1.82) is 0 Å². The van der Waals surface area contributed by atoms with Crippen molar-refractivity contribution >= 4 is 26.5 Å². The number of pyridine rings is 1. The van der Waals surface area contributed by atoms with Crippen LogP contribution in [0.1, 0.15) is 12.6 Å². The third kappa shape index (κ3) is 3.81. The Labute approximate surface area is 97.9 Å². The first kappa shape index (κ1) is 11.9. The van der Waals surface area contributed by atoms with Gasteiger partial charge in [-0.3, -0.25) is 0 Å².